The average molecular weight is 469 g/mol. The van der Waals surface area contributed by atoms with Crippen LogP contribution < -0.4 is 10.1 Å². The fourth-order valence-electron chi connectivity index (χ4n) is 3.50. The zero-order valence-electron chi connectivity index (χ0n) is 18.6. The van der Waals surface area contributed by atoms with Crippen LogP contribution in [0.2, 0.25) is 0 Å². The molecule has 0 unspecified atom stereocenters. The number of aromatic nitrogens is 2. The van der Waals surface area contributed by atoms with Gasteiger partial charge in [0.05, 0.1) is 41.9 Å². The topological polar surface area (TPSA) is 117 Å². The van der Waals surface area contributed by atoms with Gasteiger partial charge < -0.3 is 23.6 Å². The summed E-state index contributed by atoms with van der Waals surface area (Å²) >= 11 is 0. The van der Waals surface area contributed by atoms with Gasteiger partial charge in [-0.25, -0.2) is 14.8 Å². The van der Waals surface area contributed by atoms with Gasteiger partial charge in [-0.05, 0) is 54.6 Å². The van der Waals surface area contributed by atoms with E-state index in [0.29, 0.717) is 45.4 Å². The van der Waals surface area contributed by atoms with Crippen molar-refractivity contribution in [1.29, 1.82) is 0 Å². The number of nitrogens with zero attached hydrogens (tertiary/aromatic N) is 2. The van der Waals surface area contributed by atoms with Gasteiger partial charge in [-0.2, -0.15) is 0 Å². The third-order valence-corrected chi connectivity index (χ3v) is 5.12. The Morgan fingerprint density at radius 2 is 1.54 bits per heavy atom. The fraction of sp³-hybridized carbons (Fsp3) is 0.0769. The van der Waals surface area contributed by atoms with Crippen molar-refractivity contribution in [2.24, 2.45) is 0 Å². The minimum absolute atomic E-state index is 0.230. The molecule has 0 aliphatic heterocycles. The molecule has 5 rings (SSSR count). The van der Waals surface area contributed by atoms with E-state index in [4.69, 9.17) is 18.3 Å². The lowest BCUT2D eigenvalue weighted by molar-refractivity contribution is -0.119. The lowest BCUT2D eigenvalue weighted by Crippen LogP contribution is -2.21. The highest BCUT2D eigenvalue weighted by atomic mass is 16.5. The van der Waals surface area contributed by atoms with Gasteiger partial charge in [0.15, 0.2) is 18.1 Å². The molecule has 1 N–H and O–H groups in total. The smallest absolute Gasteiger partial charge is 0.338 e. The summed E-state index contributed by atoms with van der Waals surface area (Å²) in [6.07, 6.45) is 3.09. The number of hydrogen-bond acceptors (Lipinski definition) is 8. The maximum Gasteiger partial charge on any atom is 0.338 e. The summed E-state index contributed by atoms with van der Waals surface area (Å²) in [4.78, 5) is 34.2. The molecule has 0 fully saturated rings. The molecule has 174 valence electrons. The maximum atomic E-state index is 12.6. The summed E-state index contributed by atoms with van der Waals surface area (Å²) < 4.78 is 21.4. The van der Waals surface area contributed by atoms with E-state index < -0.39 is 18.5 Å². The van der Waals surface area contributed by atoms with Crippen LogP contribution in [0.15, 0.2) is 88.1 Å². The highest BCUT2D eigenvalue weighted by Gasteiger charge is 2.19. The number of hydrogen-bond donors (Lipinski definition) is 1. The first kappa shape index (κ1) is 21.9. The number of furan rings is 2. The fourth-order valence-corrected chi connectivity index (χ4v) is 3.50. The molecule has 9 heteroatoms. The summed E-state index contributed by atoms with van der Waals surface area (Å²) in [5.74, 6) is 0.383. The van der Waals surface area contributed by atoms with Crippen molar-refractivity contribution < 1.29 is 27.9 Å². The number of esters is 1. The van der Waals surface area contributed by atoms with Crippen molar-refractivity contribution in [1.82, 2.24) is 9.97 Å². The summed E-state index contributed by atoms with van der Waals surface area (Å²) in [6.45, 7) is -0.463. The molecule has 0 aliphatic rings. The Balaban J connectivity index is 1.36. The lowest BCUT2D eigenvalue weighted by Gasteiger charge is -2.10. The summed E-state index contributed by atoms with van der Waals surface area (Å²) in [5, 5.41) is 2.66. The van der Waals surface area contributed by atoms with Crippen LogP contribution in [0.5, 0.6) is 5.75 Å². The molecule has 1 amide bonds. The van der Waals surface area contributed by atoms with Gasteiger partial charge in [-0.15, -0.1) is 0 Å². The molecule has 3 heterocycles. The average Bonchev–Trinajstić information content (AvgIpc) is 3.61. The largest absolute Gasteiger partial charge is 0.495 e. The quantitative estimate of drug-likeness (QED) is 0.333. The van der Waals surface area contributed by atoms with Crippen LogP contribution in [0, 0.1) is 0 Å². The predicted octanol–water partition coefficient (Wildman–Crippen LogP) is 4.95. The van der Waals surface area contributed by atoms with Crippen molar-refractivity contribution in [2.45, 2.75) is 0 Å². The minimum Gasteiger partial charge on any atom is -0.495 e. The second-order valence-electron chi connectivity index (χ2n) is 7.40. The van der Waals surface area contributed by atoms with Crippen molar-refractivity contribution in [3.05, 3.63) is 84.8 Å². The standard InChI is InChI=1S/C26H19N3O6/c1-32-20-7-3-2-6-18(20)27-23(30)15-35-26(31)16-10-11-17-19(14-16)29-25(22-9-5-13-34-22)24(28-17)21-8-4-12-33-21/h2-14H,15H2,1H3,(H,27,30). The number of amides is 1. The monoisotopic (exact) mass is 469 g/mol. The van der Waals surface area contributed by atoms with Gasteiger partial charge in [0, 0.05) is 0 Å². The maximum absolute atomic E-state index is 12.6. The van der Waals surface area contributed by atoms with Crippen molar-refractivity contribution in [2.75, 3.05) is 19.0 Å². The Hall–Kier alpha value is -4.92. The van der Waals surface area contributed by atoms with E-state index in [1.807, 2.05) is 0 Å². The van der Waals surface area contributed by atoms with E-state index in [1.54, 1.807) is 73.0 Å². The Kier molecular flexibility index (Phi) is 5.96. The number of para-hydroxylation sites is 2. The van der Waals surface area contributed by atoms with Gasteiger partial charge in [0.25, 0.3) is 5.91 Å². The molecule has 9 nitrogen and oxygen atoms in total. The van der Waals surface area contributed by atoms with Crippen molar-refractivity contribution in [3.8, 4) is 28.7 Å². The first-order valence-electron chi connectivity index (χ1n) is 10.6. The molecule has 0 saturated heterocycles. The highest BCUT2D eigenvalue weighted by Crippen LogP contribution is 2.31. The first-order chi connectivity index (χ1) is 17.1. The van der Waals surface area contributed by atoms with E-state index in [-0.39, 0.29) is 5.56 Å². The molecule has 5 aromatic rings. The molecule has 0 radical (unpaired) electrons. The second kappa shape index (κ2) is 9.52. The Bertz CT molecular complexity index is 1490. The minimum atomic E-state index is -0.668. The zero-order chi connectivity index (χ0) is 24.2. The van der Waals surface area contributed by atoms with Gasteiger partial charge >= 0.3 is 5.97 Å². The molecular weight excluding hydrogens is 450 g/mol. The van der Waals surface area contributed by atoms with Crippen LogP contribution in [-0.4, -0.2) is 35.6 Å². The Morgan fingerprint density at radius 1 is 0.857 bits per heavy atom. The van der Waals surface area contributed by atoms with Crippen molar-refractivity contribution >= 4 is 28.6 Å². The number of ether oxygens (including phenoxy) is 2. The molecule has 0 spiro atoms. The Morgan fingerprint density at radius 3 is 2.20 bits per heavy atom. The van der Waals surface area contributed by atoms with Crippen LogP contribution in [0.4, 0.5) is 5.69 Å². The van der Waals surface area contributed by atoms with Crippen LogP contribution in [0.25, 0.3) is 33.9 Å². The normalized spacial score (nSPS) is 10.8. The SMILES string of the molecule is COc1ccccc1NC(=O)COC(=O)c1ccc2nc(-c3ccco3)c(-c3ccco3)nc2c1. The number of nitrogens with one attached hydrogen (secondary N) is 1. The van der Waals surface area contributed by atoms with Gasteiger partial charge in [0.2, 0.25) is 0 Å². The molecule has 35 heavy (non-hydrogen) atoms. The van der Waals surface area contributed by atoms with E-state index >= 15 is 0 Å². The molecule has 0 bridgehead atoms. The highest BCUT2D eigenvalue weighted by molar-refractivity contribution is 5.98. The molecule has 3 aromatic heterocycles. The predicted molar refractivity (Wildman–Crippen MR) is 127 cm³/mol. The third-order valence-electron chi connectivity index (χ3n) is 5.12. The molecule has 0 saturated carbocycles. The van der Waals surface area contributed by atoms with E-state index in [0.717, 1.165) is 0 Å². The van der Waals surface area contributed by atoms with Crippen LogP contribution in [0.1, 0.15) is 10.4 Å². The Labute approximate surface area is 199 Å². The van der Waals surface area contributed by atoms with Crippen molar-refractivity contribution in [3.63, 3.8) is 0 Å². The number of carbonyl (C=O) groups is 2. The van der Waals surface area contributed by atoms with E-state index in [1.165, 1.54) is 13.4 Å². The second-order valence-corrected chi connectivity index (χ2v) is 7.40. The van der Waals surface area contributed by atoms with E-state index in [2.05, 4.69) is 15.3 Å². The van der Waals surface area contributed by atoms with E-state index in [9.17, 15) is 9.59 Å². The van der Waals surface area contributed by atoms with Crippen LogP contribution >= 0.6 is 0 Å². The molecular formula is C26H19N3O6. The molecule has 0 atom stereocenters. The molecule has 2 aromatic carbocycles. The number of benzene rings is 2. The number of fused-ring (bicyclic) bond motifs is 1. The number of rotatable bonds is 7. The number of anilines is 1. The van der Waals surface area contributed by atoms with Crippen LogP contribution in [-0.2, 0) is 9.53 Å². The summed E-state index contributed by atoms with van der Waals surface area (Å²) in [5.41, 5.74) is 2.71. The van der Waals surface area contributed by atoms with Gasteiger partial charge in [-0.1, -0.05) is 12.1 Å². The van der Waals surface area contributed by atoms with Gasteiger partial charge in [0.1, 0.15) is 17.1 Å². The van der Waals surface area contributed by atoms with Crippen LogP contribution in [0.3, 0.4) is 0 Å². The molecule has 0 aliphatic carbocycles. The lowest BCUT2D eigenvalue weighted by atomic mass is 10.1. The first-order valence-corrected chi connectivity index (χ1v) is 10.6. The number of methoxy groups -OCH3 is 1. The summed E-state index contributed by atoms with van der Waals surface area (Å²) in [6, 6.07) is 18.8. The zero-order valence-corrected chi connectivity index (χ0v) is 18.6. The van der Waals surface area contributed by atoms with Gasteiger partial charge in [-0.3, -0.25) is 4.79 Å². The number of carbonyl (C=O) groups excluding carboxylic acids is 2. The summed E-state index contributed by atoms with van der Waals surface area (Å²) in [7, 11) is 1.50. The third kappa shape index (κ3) is 4.60.